The standard InChI is InChI=1S/C17H10ClNO5/c18-13-4-2-1-3-11(13)14-8-19-15(24-14)9-5-6-10(16(20)21)12(7-9)17(22)23/h1-8H,(H,20,21)(H,22,23). The zero-order valence-corrected chi connectivity index (χ0v) is 12.8. The Morgan fingerprint density at radius 1 is 1.00 bits per heavy atom. The van der Waals surface area contributed by atoms with Crippen molar-refractivity contribution in [2.75, 3.05) is 0 Å². The summed E-state index contributed by atoms with van der Waals surface area (Å²) in [6.07, 6.45) is 1.47. The number of hydrogen-bond donors (Lipinski definition) is 2. The third-order valence-corrected chi connectivity index (χ3v) is 3.70. The Labute approximate surface area is 141 Å². The second kappa shape index (κ2) is 6.17. The molecule has 1 heterocycles. The van der Waals surface area contributed by atoms with Crippen molar-refractivity contribution >= 4 is 23.5 Å². The molecular formula is C17H10ClNO5. The van der Waals surface area contributed by atoms with E-state index in [4.69, 9.17) is 21.1 Å². The Morgan fingerprint density at radius 2 is 1.71 bits per heavy atom. The van der Waals surface area contributed by atoms with E-state index >= 15 is 0 Å². The maximum Gasteiger partial charge on any atom is 0.336 e. The van der Waals surface area contributed by atoms with Gasteiger partial charge < -0.3 is 14.6 Å². The fourth-order valence-electron chi connectivity index (χ4n) is 2.23. The lowest BCUT2D eigenvalue weighted by molar-refractivity contribution is 0.0651. The minimum atomic E-state index is -1.34. The fraction of sp³-hybridized carbons (Fsp3) is 0. The smallest absolute Gasteiger partial charge is 0.336 e. The molecule has 2 aromatic carbocycles. The Bertz CT molecular complexity index is 948. The summed E-state index contributed by atoms with van der Waals surface area (Å²) >= 11 is 6.11. The Hall–Kier alpha value is -3.12. The Balaban J connectivity index is 2.05. The van der Waals surface area contributed by atoms with Crippen molar-refractivity contribution in [3.8, 4) is 22.8 Å². The topological polar surface area (TPSA) is 101 Å². The summed E-state index contributed by atoms with van der Waals surface area (Å²) < 4.78 is 5.64. The highest BCUT2D eigenvalue weighted by Crippen LogP contribution is 2.31. The number of hydrogen-bond acceptors (Lipinski definition) is 4. The van der Waals surface area contributed by atoms with Gasteiger partial charge in [-0.2, -0.15) is 0 Å². The highest BCUT2D eigenvalue weighted by atomic mass is 35.5. The lowest BCUT2D eigenvalue weighted by atomic mass is 10.0. The van der Waals surface area contributed by atoms with Gasteiger partial charge in [0, 0.05) is 11.1 Å². The van der Waals surface area contributed by atoms with Crippen molar-refractivity contribution in [3.05, 3.63) is 64.8 Å². The van der Waals surface area contributed by atoms with Crippen LogP contribution in [0.25, 0.3) is 22.8 Å². The SMILES string of the molecule is O=C(O)c1ccc(-c2ncc(-c3ccccc3Cl)o2)cc1C(=O)O. The highest BCUT2D eigenvalue weighted by molar-refractivity contribution is 6.33. The van der Waals surface area contributed by atoms with Gasteiger partial charge in [0.05, 0.1) is 22.3 Å². The molecule has 0 atom stereocenters. The van der Waals surface area contributed by atoms with Crippen LogP contribution in [-0.2, 0) is 0 Å². The third kappa shape index (κ3) is 2.87. The van der Waals surface area contributed by atoms with Gasteiger partial charge in [0.15, 0.2) is 5.76 Å². The first-order chi connectivity index (χ1) is 11.5. The third-order valence-electron chi connectivity index (χ3n) is 3.37. The summed E-state index contributed by atoms with van der Waals surface area (Å²) in [7, 11) is 0. The monoisotopic (exact) mass is 343 g/mol. The second-order valence-corrected chi connectivity index (χ2v) is 5.29. The summed E-state index contributed by atoms with van der Waals surface area (Å²) in [5.74, 6) is -2.06. The number of carbonyl (C=O) groups is 2. The molecule has 0 bridgehead atoms. The second-order valence-electron chi connectivity index (χ2n) is 4.88. The average Bonchev–Trinajstić information content (AvgIpc) is 3.04. The largest absolute Gasteiger partial charge is 0.478 e. The number of benzene rings is 2. The molecule has 0 unspecified atom stereocenters. The lowest BCUT2D eigenvalue weighted by Crippen LogP contribution is -2.07. The molecule has 0 aliphatic carbocycles. The molecule has 2 N–H and O–H groups in total. The van der Waals surface area contributed by atoms with Gasteiger partial charge in [-0.3, -0.25) is 0 Å². The molecule has 0 aliphatic heterocycles. The number of carboxylic acid groups (broad SMARTS) is 2. The first-order valence-electron chi connectivity index (χ1n) is 6.79. The Kier molecular flexibility index (Phi) is 4.05. The number of aromatic nitrogens is 1. The van der Waals surface area contributed by atoms with Gasteiger partial charge >= 0.3 is 11.9 Å². The minimum absolute atomic E-state index is 0.171. The molecule has 0 amide bonds. The summed E-state index contributed by atoms with van der Waals surface area (Å²) in [5.41, 5.74) is 0.371. The molecule has 0 saturated heterocycles. The predicted molar refractivity (Wildman–Crippen MR) is 86.3 cm³/mol. The van der Waals surface area contributed by atoms with Crippen molar-refractivity contribution in [3.63, 3.8) is 0 Å². The molecule has 0 spiro atoms. The van der Waals surface area contributed by atoms with Crippen LogP contribution in [0.5, 0.6) is 0 Å². The maximum absolute atomic E-state index is 11.2. The predicted octanol–water partition coefficient (Wildman–Crippen LogP) is 4.06. The van der Waals surface area contributed by atoms with Gasteiger partial charge in [0.25, 0.3) is 0 Å². The zero-order valence-electron chi connectivity index (χ0n) is 12.1. The van der Waals surface area contributed by atoms with Gasteiger partial charge in [0.1, 0.15) is 0 Å². The van der Waals surface area contributed by atoms with E-state index in [1.165, 1.54) is 24.4 Å². The molecule has 3 aromatic rings. The van der Waals surface area contributed by atoms with Crippen molar-refractivity contribution in [1.29, 1.82) is 0 Å². The molecule has 6 nitrogen and oxygen atoms in total. The van der Waals surface area contributed by atoms with Crippen molar-refractivity contribution in [2.45, 2.75) is 0 Å². The number of carboxylic acids is 2. The van der Waals surface area contributed by atoms with E-state index in [0.29, 0.717) is 21.9 Å². The van der Waals surface area contributed by atoms with Gasteiger partial charge in [0.2, 0.25) is 5.89 Å². The van der Waals surface area contributed by atoms with Crippen LogP contribution in [0.3, 0.4) is 0 Å². The quantitative estimate of drug-likeness (QED) is 0.740. The molecule has 0 radical (unpaired) electrons. The highest BCUT2D eigenvalue weighted by Gasteiger charge is 2.19. The van der Waals surface area contributed by atoms with Crippen LogP contribution in [0.4, 0.5) is 0 Å². The summed E-state index contributed by atoms with van der Waals surface area (Å²) in [6.45, 7) is 0. The lowest BCUT2D eigenvalue weighted by Gasteiger charge is -2.03. The van der Waals surface area contributed by atoms with Crippen molar-refractivity contribution in [1.82, 2.24) is 4.98 Å². The average molecular weight is 344 g/mol. The minimum Gasteiger partial charge on any atom is -0.478 e. The van der Waals surface area contributed by atoms with E-state index < -0.39 is 11.9 Å². The first kappa shape index (κ1) is 15.8. The van der Waals surface area contributed by atoms with E-state index in [1.54, 1.807) is 24.3 Å². The van der Waals surface area contributed by atoms with Crippen LogP contribution in [0.1, 0.15) is 20.7 Å². The first-order valence-corrected chi connectivity index (χ1v) is 7.17. The van der Waals surface area contributed by atoms with E-state index in [-0.39, 0.29) is 17.0 Å². The van der Waals surface area contributed by atoms with E-state index in [0.717, 1.165) is 0 Å². The number of aromatic carboxylic acids is 2. The fourth-order valence-corrected chi connectivity index (χ4v) is 2.46. The number of nitrogens with zero attached hydrogens (tertiary/aromatic N) is 1. The van der Waals surface area contributed by atoms with Crippen molar-refractivity contribution in [2.24, 2.45) is 0 Å². The molecular weight excluding hydrogens is 334 g/mol. The molecule has 1 aromatic heterocycles. The maximum atomic E-state index is 11.2. The molecule has 7 heteroatoms. The molecule has 0 fully saturated rings. The van der Waals surface area contributed by atoms with Crippen LogP contribution in [0.15, 0.2) is 53.1 Å². The van der Waals surface area contributed by atoms with E-state index in [2.05, 4.69) is 4.98 Å². The van der Waals surface area contributed by atoms with Crippen LogP contribution in [-0.4, -0.2) is 27.1 Å². The summed E-state index contributed by atoms with van der Waals surface area (Å²) in [5, 5.41) is 18.7. The summed E-state index contributed by atoms with van der Waals surface area (Å²) in [4.78, 5) is 26.4. The number of rotatable bonds is 4. The molecule has 120 valence electrons. The van der Waals surface area contributed by atoms with Crippen LogP contribution in [0.2, 0.25) is 5.02 Å². The van der Waals surface area contributed by atoms with Crippen LogP contribution < -0.4 is 0 Å². The molecule has 3 rings (SSSR count). The molecule has 24 heavy (non-hydrogen) atoms. The normalized spacial score (nSPS) is 10.5. The molecule has 0 saturated carbocycles. The van der Waals surface area contributed by atoms with Crippen LogP contribution >= 0.6 is 11.6 Å². The number of halogens is 1. The molecule has 0 aliphatic rings. The van der Waals surface area contributed by atoms with Gasteiger partial charge in [-0.05, 0) is 30.3 Å². The van der Waals surface area contributed by atoms with E-state index in [1.807, 2.05) is 0 Å². The van der Waals surface area contributed by atoms with Crippen LogP contribution in [0, 0.1) is 0 Å². The van der Waals surface area contributed by atoms with E-state index in [9.17, 15) is 14.7 Å². The van der Waals surface area contributed by atoms with Gasteiger partial charge in [-0.25, -0.2) is 14.6 Å². The van der Waals surface area contributed by atoms with Gasteiger partial charge in [-0.1, -0.05) is 23.7 Å². The summed E-state index contributed by atoms with van der Waals surface area (Å²) in [6, 6.07) is 10.9. The number of oxazole rings is 1. The van der Waals surface area contributed by atoms with Crippen molar-refractivity contribution < 1.29 is 24.2 Å². The zero-order chi connectivity index (χ0) is 17.3. The Morgan fingerprint density at radius 3 is 2.38 bits per heavy atom. The van der Waals surface area contributed by atoms with Gasteiger partial charge in [-0.15, -0.1) is 0 Å².